The maximum Gasteiger partial charge on any atom is 0.146 e. The molecule has 2 nitrogen and oxygen atoms in total. The number of hydrogen-bond donors (Lipinski definition) is 1. The maximum absolute atomic E-state index is 13.9. The molecule has 0 radical (unpaired) electrons. The Morgan fingerprint density at radius 2 is 1.94 bits per heavy atom. The molecule has 1 aliphatic rings. The van der Waals surface area contributed by atoms with Gasteiger partial charge < -0.3 is 10.0 Å². The van der Waals surface area contributed by atoms with Gasteiger partial charge in [-0.3, -0.25) is 0 Å². The van der Waals surface area contributed by atoms with Crippen molar-refractivity contribution in [1.82, 2.24) is 0 Å². The van der Waals surface area contributed by atoms with Gasteiger partial charge in [0.05, 0.1) is 12.3 Å². The Morgan fingerprint density at radius 1 is 1.29 bits per heavy atom. The summed E-state index contributed by atoms with van der Waals surface area (Å²) in [7, 11) is 0. The van der Waals surface area contributed by atoms with E-state index in [1.807, 2.05) is 0 Å². The molecule has 1 N–H and O–H groups in total. The van der Waals surface area contributed by atoms with Gasteiger partial charge in [0.2, 0.25) is 0 Å². The van der Waals surface area contributed by atoms with Crippen molar-refractivity contribution in [2.24, 2.45) is 5.41 Å². The number of benzene rings is 1. The van der Waals surface area contributed by atoms with Crippen LogP contribution in [0.25, 0.3) is 0 Å². The molecule has 1 saturated heterocycles. The summed E-state index contributed by atoms with van der Waals surface area (Å²) < 4.78 is 13.9. The Hall–Kier alpha value is -1.09. The molecule has 94 valence electrons. The molecule has 3 heteroatoms. The molecule has 1 aromatic rings. The number of piperidine rings is 1. The summed E-state index contributed by atoms with van der Waals surface area (Å²) >= 11 is 0. The number of aliphatic hydroxyl groups excluding tert-OH is 1. The van der Waals surface area contributed by atoms with Gasteiger partial charge in [0.1, 0.15) is 5.82 Å². The molecule has 0 saturated carbocycles. The summed E-state index contributed by atoms with van der Waals surface area (Å²) in [5.74, 6) is -0.226. The van der Waals surface area contributed by atoms with Crippen LogP contribution < -0.4 is 4.90 Å². The number of para-hydroxylation sites is 1. The van der Waals surface area contributed by atoms with Crippen molar-refractivity contribution in [3.8, 4) is 0 Å². The Labute approximate surface area is 102 Å². The summed E-state index contributed by atoms with van der Waals surface area (Å²) in [5, 5.41) is 9.28. The van der Waals surface area contributed by atoms with Crippen LogP contribution in [0.3, 0.4) is 0 Å². The fourth-order valence-electron chi connectivity index (χ4n) is 2.38. The number of anilines is 1. The van der Waals surface area contributed by atoms with Crippen molar-refractivity contribution < 1.29 is 9.50 Å². The van der Waals surface area contributed by atoms with Crippen molar-refractivity contribution in [2.75, 3.05) is 18.0 Å². The normalized spacial score (nSPS) is 19.4. The van der Waals surface area contributed by atoms with Crippen molar-refractivity contribution >= 4 is 5.69 Å². The number of aliphatic hydroxyl groups is 1. The minimum Gasteiger partial charge on any atom is -0.392 e. The summed E-state index contributed by atoms with van der Waals surface area (Å²) in [4.78, 5) is 2.06. The molecular formula is C14H20FNO. The highest BCUT2D eigenvalue weighted by molar-refractivity contribution is 5.55. The smallest absolute Gasteiger partial charge is 0.146 e. The van der Waals surface area contributed by atoms with E-state index < -0.39 is 0 Å². The van der Waals surface area contributed by atoms with Gasteiger partial charge in [-0.15, -0.1) is 0 Å². The van der Waals surface area contributed by atoms with Crippen LogP contribution in [0, 0.1) is 11.2 Å². The predicted molar refractivity (Wildman–Crippen MR) is 67.6 cm³/mol. The Balaban J connectivity index is 2.23. The van der Waals surface area contributed by atoms with Crippen molar-refractivity contribution in [1.29, 1.82) is 0 Å². The van der Waals surface area contributed by atoms with Gasteiger partial charge in [0.15, 0.2) is 0 Å². The molecule has 1 fully saturated rings. The Bertz CT molecular complexity index is 393. The zero-order valence-corrected chi connectivity index (χ0v) is 10.5. The largest absolute Gasteiger partial charge is 0.392 e. The van der Waals surface area contributed by atoms with Gasteiger partial charge in [-0.25, -0.2) is 4.39 Å². The first kappa shape index (κ1) is 12.4. The Morgan fingerprint density at radius 3 is 2.53 bits per heavy atom. The van der Waals surface area contributed by atoms with Crippen LogP contribution in [0.15, 0.2) is 18.2 Å². The zero-order valence-electron chi connectivity index (χ0n) is 10.5. The van der Waals surface area contributed by atoms with E-state index in [4.69, 9.17) is 0 Å². The van der Waals surface area contributed by atoms with Gasteiger partial charge in [-0.1, -0.05) is 26.0 Å². The van der Waals surface area contributed by atoms with Crippen LogP contribution in [0.2, 0.25) is 0 Å². The highest BCUT2D eigenvalue weighted by Gasteiger charge is 2.27. The highest BCUT2D eigenvalue weighted by Crippen LogP contribution is 2.34. The average molecular weight is 237 g/mol. The minimum atomic E-state index is -0.226. The average Bonchev–Trinajstić information content (AvgIpc) is 2.29. The summed E-state index contributed by atoms with van der Waals surface area (Å²) in [6.45, 7) is 6.12. The van der Waals surface area contributed by atoms with Crippen LogP contribution in [-0.4, -0.2) is 18.2 Å². The lowest BCUT2D eigenvalue weighted by molar-refractivity contribution is 0.271. The second kappa shape index (κ2) is 4.65. The number of halogens is 1. The monoisotopic (exact) mass is 237 g/mol. The molecule has 1 aromatic carbocycles. The fraction of sp³-hybridized carbons (Fsp3) is 0.571. The number of rotatable bonds is 2. The SMILES string of the molecule is CC1(C)CCN(c2c(F)cccc2CO)CC1. The second-order valence-electron chi connectivity index (χ2n) is 5.56. The topological polar surface area (TPSA) is 23.5 Å². The summed E-state index contributed by atoms with van der Waals surface area (Å²) in [6.07, 6.45) is 2.12. The van der Waals surface area contributed by atoms with E-state index >= 15 is 0 Å². The molecule has 0 aromatic heterocycles. The van der Waals surface area contributed by atoms with Gasteiger partial charge in [0.25, 0.3) is 0 Å². The first-order valence-electron chi connectivity index (χ1n) is 6.17. The van der Waals surface area contributed by atoms with E-state index in [1.54, 1.807) is 12.1 Å². The molecule has 0 amide bonds. The fourth-order valence-corrected chi connectivity index (χ4v) is 2.38. The molecule has 0 unspecified atom stereocenters. The molecular weight excluding hydrogens is 217 g/mol. The molecule has 1 heterocycles. The third-order valence-corrected chi connectivity index (χ3v) is 3.67. The molecule has 0 spiro atoms. The van der Waals surface area contributed by atoms with Crippen LogP contribution in [0.4, 0.5) is 10.1 Å². The van der Waals surface area contributed by atoms with E-state index in [0.717, 1.165) is 25.9 Å². The lowest BCUT2D eigenvalue weighted by atomic mass is 9.82. The molecule has 0 aliphatic carbocycles. The standard InChI is InChI=1S/C14H20FNO/c1-14(2)6-8-16(9-7-14)13-11(10-17)4-3-5-12(13)15/h3-5,17H,6-10H2,1-2H3. The van der Waals surface area contributed by atoms with Crippen LogP contribution in [-0.2, 0) is 6.61 Å². The molecule has 1 aliphatic heterocycles. The van der Waals surface area contributed by atoms with Crippen molar-refractivity contribution in [3.63, 3.8) is 0 Å². The first-order valence-corrected chi connectivity index (χ1v) is 6.17. The molecule has 0 bridgehead atoms. The zero-order chi connectivity index (χ0) is 12.5. The number of hydrogen-bond acceptors (Lipinski definition) is 2. The first-order chi connectivity index (χ1) is 8.03. The second-order valence-corrected chi connectivity index (χ2v) is 5.56. The minimum absolute atomic E-state index is 0.104. The van der Waals surface area contributed by atoms with Crippen molar-refractivity contribution in [2.45, 2.75) is 33.3 Å². The van der Waals surface area contributed by atoms with Gasteiger partial charge in [0, 0.05) is 18.7 Å². The lowest BCUT2D eigenvalue weighted by Gasteiger charge is -2.39. The van der Waals surface area contributed by atoms with Gasteiger partial charge in [-0.05, 0) is 24.3 Å². The third kappa shape index (κ3) is 2.60. The van der Waals surface area contributed by atoms with E-state index in [0.29, 0.717) is 16.7 Å². The molecule has 17 heavy (non-hydrogen) atoms. The van der Waals surface area contributed by atoms with E-state index in [9.17, 15) is 9.50 Å². The van der Waals surface area contributed by atoms with Crippen LogP contribution in [0.1, 0.15) is 32.3 Å². The molecule has 0 atom stereocenters. The summed E-state index contributed by atoms with van der Waals surface area (Å²) in [6, 6.07) is 4.91. The number of nitrogens with zero attached hydrogens (tertiary/aromatic N) is 1. The quantitative estimate of drug-likeness (QED) is 0.855. The van der Waals surface area contributed by atoms with E-state index in [1.165, 1.54) is 6.07 Å². The molecule has 2 rings (SSSR count). The van der Waals surface area contributed by atoms with E-state index in [2.05, 4.69) is 18.7 Å². The Kier molecular flexibility index (Phi) is 3.38. The third-order valence-electron chi connectivity index (χ3n) is 3.67. The van der Waals surface area contributed by atoms with Gasteiger partial charge >= 0.3 is 0 Å². The van der Waals surface area contributed by atoms with Gasteiger partial charge in [-0.2, -0.15) is 0 Å². The van der Waals surface area contributed by atoms with Crippen molar-refractivity contribution in [3.05, 3.63) is 29.6 Å². The summed E-state index contributed by atoms with van der Waals surface area (Å²) in [5.41, 5.74) is 1.62. The predicted octanol–water partition coefficient (Wildman–Crippen LogP) is 2.94. The van der Waals surface area contributed by atoms with Crippen LogP contribution >= 0.6 is 0 Å². The van der Waals surface area contributed by atoms with E-state index in [-0.39, 0.29) is 12.4 Å². The van der Waals surface area contributed by atoms with Crippen LogP contribution in [0.5, 0.6) is 0 Å². The lowest BCUT2D eigenvalue weighted by Crippen LogP contribution is -2.38. The highest BCUT2D eigenvalue weighted by atomic mass is 19.1. The maximum atomic E-state index is 13.9.